The van der Waals surface area contributed by atoms with Gasteiger partial charge in [0.05, 0.1) is 5.69 Å². The number of hydrogen-bond acceptors (Lipinski definition) is 5. The third-order valence-corrected chi connectivity index (χ3v) is 3.74. The molecule has 0 radical (unpaired) electrons. The summed E-state index contributed by atoms with van der Waals surface area (Å²) >= 11 is 0. The van der Waals surface area contributed by atoms with Crippen LogP contribution in [0.4, 0.5) is 5.69 Å². The second-order valence-electron chi connectivity index (χ2n) is 6.20. The van der Waals surface area contributed by atoms with Gasteiger partial charge in [0.15, 0.2) is 6.61 Å². The van der Waals surface area contributed by atoms with Gasteiger partial charge in [-0.2, -0.15) is 0 Å². The summed E-state index contributed by atoms with van der Waals surface area (Å²) in [7, 11) is 0. The van der Waals surface area contributed by atoms with Crippen molar-refractivity contribution in [2.75, 3.05) is 18.1 Å². The van der Waals surface area contributed by atoms with Crippen LogP contribution in [0.2, 0.25) is 0 Å². The van der Waals surface area contributed by atoms with Crippen LogP contribution < -0.4 is 25.8 Å². The number of nitrogens with zero attached hydrogens (tertiary/aromatic N) is 1. The molecule has 0 unspecified atom stereocenters. The topological polar surface area (TPSA) is 117 Å². The summed E-state index contributed by atoms with van der Waals surface area (Å²) in [4.78, 5) is 48.8. The number of hydrogen-bond donors (Lipinski definition) is 3. The number of rotatable bonds is 5. The van der Waals surface area contributed by atoms with E-state index in [1.54, 1.807) is 38.1 Å². The summed E-state index contributed by atoms with van der Waals surface area (Å²) in [5.41, 5.74) is 5.03. The van der Waals surface area contributed by atoms with E-state index in [1.165, 1.54) is 11.8 Å². The molecule has 0 bridgehead atoms. The molecular weight excluding hydrogens is 340 g/mol. The summed E-state index contributed by atoms with van der Waals surface area (Å²) in [5.74, 6) is -1.48. The number of amides is 4. The van der Waals surface area contributed by atoms with Gasteiger partial charge in [0, 0.05) is 6.92 Å². The van der Waals surface area contributed by atoms with Crippen LogP contribution in [0.3, 0.4) is 0 Å². The summed E-state index contributed by atoms with van der Waals surface area (Å²) in [5, 5.41) is 2.52. The SMILES string of the molecule is CC(=O)N[C@@H](C(=O)NNC(=O)CN1C(=O)COc2ccccc21)C(C)C. The smallest absolute Gasteiger partial charge is 0.265 e. The molecule has 3 N–H and O–H groups in total. The minimum Gasteiger partial charge on any atom is -0.482 e. The molecule has 1 aliphatic rings. The highest BCUT2D eigenvalue weighted by Crippen LogP contribution is 2.30. The van der Waals surface area contributed by atoms with Gasteiger partial charge in [-0.05, 0) is 18.1 Å². The highest BCUT2D eigenvalue weighted by Gasteiger charge is 2.28. The van der Waals surface area contributed by atoms with Crippen LogP contribution in [0, 0.1) is 5.92 Å². The van der Waals surface area contributed by atoms with Crippen molar-refractivity contribution in [1.82, 2.24) is 16.2 Å². The molecular formula is C17H22N4O5. The van der Waals surface area contributed by atoms with E-state index in [1.807, 2.05) is 0 Å². The number of nitrogens with one attached hydrogen (secondary N) is 3. The molecule has 1 aromatic rings. The summed E-state index contributed by atoms with van der Waals surface area (Å²) in [6.07, 6.45) is 0. The quantitative estimate of drug-likeness (QED) is 0.623. The normalized spacial score (nSPS) is 14.2. The lowest BCUT2D eigenvalue weighted by atomic mass is 10.0. The zero-order valence-corrected chi connectivity index (χ0v) is 14.9. The molecule has 0 saturated carbocycles. The first-order valence-electron chi connectivity index (χ1n) is 8.17. The van der Waals surface area contributed by atoms with E-state index < -0.39 is 17.9 Å². The predicted octanol–water partition coefficient (Wildman–Crippen LogP) is -0.280. The molecule has 0 spiro atoms. The van der Waals surface area contributed by atoms with Crippen LogP contribution in [0.15, 0.2) is 24.3 Å². The maximum absolute atomic E-state index is 12.1. The molecule has 1 atom stereocenters. The number of fused-ring (bicyclic) bond motifs is 1. The molecule has 1 heterocycles. The van der Waals surface area contributed by atoms with Crippen molar-refractivity contribution in [3.8, 4) is 5.75 Å². The Hall–Kier alpha value is -3.10. The van der Waals surface area contributed by atoms with E-state index in [0.29, 0.717) is 11.4 Å². The van der Waals surface area contributed by atoms with Crippen molar-refractivity contribution in [2.45, 2.75) is 26.8 Å². The number of para-hydroxylation sites is 2. The standard InChI is InChI=1S/C17H22N4O5/c1-10(2)16(18-11(3)22)17(25)20-19-14(23)8-21-12-6-4-5-7-13(12)26-9-15(21)24/h4-7,10,16H,8-9H2,1-3H3,(H,18,22)(H,19,23)(H,20,25)/t16-/m1/s1. The van der Waals surface area contributed by atoms with Crippen molar-refractivity contribution in [3.05, 3.63) is 24.3 Å². The molecule has 140 valence electrons. The highest BCUT2D eigenvalue weighted by atomic mass is 16.5. The van der Waals surface area contributed by atoms with Gasteiger partial charge in [-0.1, -0.05) is 26.0 Å². The average molecular weight is 362 g/mol. The Morgan fingerprint density at radius 1 is 1.19 bits per heavy atom. The number of ether oxygens (including phenoxy) is 1. The number of hydrazine groups is 1. The maximum Gasteiger partial charge on any atom is 0.265 e. The van der Waals surface area contributed by atoms with Gasteiger partial charge in [-0.25, -0.2) is 0 Å². The van der Waals surface area contributed by atoms with Crippen LogP contribution in [-0.2, 0) is 19.2 Å². The first-order valence-corrected chi connectivity index (χ1v) is 8.17. The van der Waals surface area contributed by atoms with Gasteiger partial charge in [0.25, 0.3) is 17.7 Å². The number of carbonyl (C=O) groups is 4. The minimum absolute atomic E-state index is 0.158. The molecule has 4 amide bonds. The van der Waals surface area contributed by atoms with Crippen LogP contribution in [0.1, 0.15) is 20.8 Å². The first kappa shape index (κ1) is 19.2. The zero-order valence-electron chi connectivity index (χ0n) is 14.9. The highest BCUT2D eigenvalue weighted by molar-refractivity contribution is 6.02. The Morgan fingerprint density at radius 3 is 2.54 bits per heavy atom. The average Bonchev–Trinajstić information content (AvgIpc) is 2.59. The first-order chi connectivity index (χ1) is 12.3. The third-order valence-electron chi connectivity index (χ3n) is 3.74. The van der Waals surface area contributed by atoms with E-state index in [2.05, 4.69) is 16.2 Å². The third kappa shape index (κ3) is 4.71. The van der Waals surface area contributed by atoms with Crippen LogP contribution >= 0.6 is 0 Å². The second-order valence-corrected chi connectivity index (χ2v) is 6.20. The van der Waals surface area contributed by atoms with Crippen molar-refractivity contribution in [3.63, 3.8) is 0 Å². The Bertz CT molecular complexity index is 719. The lowest BCUT2D eigenvalue weighted by Crippen LogP contribution is -2.55. The van der Waals surface area contributed by atoms with E-state index in [-0.39, 0.29) is 30.9 Å². The van der Waals surface area contributed by atoms with Crippen molar-refractivity contribution in [1.29, 1.82) is 0 Å². The summed E-state index contributed by atoms with van der Waals surface area (Å²) < 4.78 is 5.31. The fourth-order valence-corrected chi connectivity index (χ4v) is 2.47. The molecule has 2 rings (SSSR count). The fraction of sp³-hybridized carbons (Fsp3) is 0.412. The van der Waals surface area contributed by atoms with E-state index >= 15 is 0 Å². The minimum atomic E-state index is -0.779. The van der Waals surface area contributed by atoms with Crippen LogP contribution in [-0.4, -0.2) is 42.8 Å². The van der Waals surface area contributed by atoms with Gasteiger partial charge in [-0.3, -0.25) is 34.9 Å². The summed E-state index contributed by atoms with van der Waals surface area (Å²) in [6.45, 7) is 4.42. The van der Waals surface area contributed by atoms with Crippen molar-refractivity contribution in [2.24, 2.45) is 5.92 Å². The fourth-order valence-electron chi connectivity index (χ4n) is 2.47. The van der Waals surface area contributed by atoms with Gasteiger partial charge >= 0.3 is 0 Å². The van der Waals surface area contributed by atoms with E-state index in [4.69, 9.17) is 4.74 Å². The zero-order chi connectivity index (χ0) is 19.3. The molecule has 26 heavy (non-hydrogen) atoms. The van der Waals surface area contributed by atoms with Gasteiger partial charge in [-0.15, -0.1) is 0 Å². The monoisotopic (exact) mass is 362 g/mol. The van der Waals surface area contributed by atoms with Crippen molar-refractivity contribution >= 4 is 29.3 Å². The van der Waals surface area contributed by atoms with Crippen molar-refractivity contribution < 1.29 is 23.9 Å². The van der Waals surface area contributed by atoms with Gasteiger partial charge < -0.3 is 10.1 Å². The molecule has 1 aliphatic heterocycles. The van der Waals surface area contributed by atoms with Gasteiger partial charge in [0.1, 0.15) is 18.3 Å². The Kier molecular flexibility index (Phi) is 6.16. The largest absolute Gasteiger partial charge is 0.482 e. The molecule has 1 aromatic carbocycles. The lowest BCUT2D eigenvalue weighted by Gasteiger charge is -2.28. The van der Waals surface area contributed by atoms with Crippen LogP contribution in [0.5, 0.6) is 5.75 Å². The molecule has 9 heteroatoms. The molecule has 9 nitrogen and oxygen atoms in total. The summed E-state index contributed by atoms with van der Waals surface area (Å²) in [6, 6.07) is 6.09. The number of anilines is 1. The second kappa shape index (κ2) is 8.32. The molecule has 0 fully saturated rings. The Balaban J connectivity index is 1.95. The molecule has 0 aromatic heterocycles. The molecule has 0 saturated heterocycles. The van der Waals surface area contributed by atoms with Crippen LogP contribution in [0.25, 0.3) is 0 Å². The Morgan fingerprint density at radius 2 is 1.88 bits per heavy atom. The van der Waals surface area contributed by atoms with E-state index in [0.717, 1.165) is 0 Å². The maximum atomic E-state index is 12.1. The molecule has 0 aliphatic carbocycles. The van der Waals surface area contributed by atoms with E-state index in [9.17, 15) is 19.2 Å². The lowest BCUT2D eigenvalue weighted by molar-refractivity contribution is -0.132. The van der Waals surface area contributed by atoms with Gasteiger partial charge in [0.2, 0.25) is 5.91 Å². The number of benzene rings is 1. The predicted molar refractivity (Wildman–Crippen MR) is 93.0 cm³/mol. The number of carbonyl (C=O) groups excluding carboxylic acids is 4. The Labute approximate surface area is 151 Å².